The second-order valence-corrected chi connectivity index (χ2v) is 6.77. The van der Waals surface area contributed by atoms with Crippen molar-refractivity contribution in [1.82, 2.24) is 4.90 Å². The van der Waals surface area contributed by atoms with Gasteiger partial charge < -0.3 is 0 Å². The summed E-state index contributed by atoms with van der Waals surface area (Å²) in [6.45, 7) is 3.01. The predicted octanol–water partition coefficient (Wildman–Crippen LogP) is 2.52. The first-order valence-electron chi connectivity index (χ1n) is 8.88. The van der Waals surface area contributed by atoms with Crippen molar-refractivity contribution in [2.24, 2.45) is 10.9 Å². The summed E-state index contributed by atoms with van der Waals surface area (Å²) >= 11 is 0. The first-order chi connectivity index (χ1) is 12.6. The van der Waals surface area contributed by atoms with E-state index in [-0.39, 0.29) is 11.8 Å². The smallest absolute Gasteiger partial charge is 0.261 e. The molecule has 0 N–H and O–H groups in total. The van der Waals surface area contributed by atoms with Crippen LogP contribution >= 0.6 is 0 Å². The van der Waals surface area contributed by atoms with E-state index in [1.807, 2.05) is 24.3 Å². The van der Waals surface area contributed by atoms with Gasteiger partial charge in [0.25, 0.3) is 11.8 Å². The first kappa shape index (κ1) is 16.5. The van der Waals surface area contributed by atoms with E-state index in [1.54, 1.807) is 12.1 Å². The molecule has 26 heavy (non-hydrogen) atoms. The molecule has 2 amide bonds. The number of nitrogens with zero attached hydrogens (tertiary/aromatic N) is 2. The van der Waals surface area contributed by atoms with Crippen LogP contribution in [0.25, 0.3) is 18.2 Å². The number of rotatable bonds is 3. The Kier molecular flexibility index (Phi) is 4.03. The zero-order chi connectivity index (χ0) is 18.3. The zero-order valence-corrected chi connectivity index (χ0v) is 14.9. The Hall–Kier alpha value is -3.01. The second kappa shape index (κ2) is 6.37. The van der Waals surface area contributed by atoms with Gasteiger partial charge in [-0.25, -0.2) is 0 Å². The first-order valence-corrected chi connectivity index (χ1v) is 8.88. The van der Waals surface area contributed by atoms with Gasteiger partial charge in [-0.15, -0.1) is 0 Å². The van der Waals surface area contributed by atoms with Crippen molar-refractivity contribution in [1.29, 1.82) is 0 Å². The molecule has 0 spiro atoms. The summed E-state index contributed by atoms with van der Waals surface area (Å²) in [6, 6.07) is 11.6. The lowest BCUT2D eigenvalue weighted by molar-refractivity contribution is 0.0693. The third-order valence-corrected chi connectivity index (χ3v) is 5.09. The highest BCUT2D eigenvalue weighted by Gasteiger charge is 2.32. The van der Waals surface area contributed by atoms with E-state index < -0.39 is 0 Å². The molecule has 1 unspecified atom stereocenters. The van der Waals surface area contributed by atoms with Crippen LogP contribution in [0.1, 0.15) is 45.2 Å². The molecule has 4 nitrogen and oxygen atoms in total. The number of carbonyl (C=O) groups is 2. The second-order valence-electron chi connectivity index (χ2n) is 6.77. The van der Waals surface area contributed by atoms with Crippen LogP contribution < -0.4 is 10.6 Å². The fraction of sp³-hybridized carbons (Fsp3) is 0.227. The van der Waals surface area contributed by atoms with Crippen LogP contribution in [-0.4, -0.2) is 30.3 Å². The largest absolute Gasteiger partial charge is 0.284 e. The average Bonchev–Trinajstić information content (AvgIpc) is 2.89. The van der Waals surface area contributed by atoms with Crippen LogP contribution in [0.3, 0.4) is 0 Å². The lowest BCUT2D eigenvalue weighted by atomic mass is 10.00. The molecule has 0 fully saturated rings. The summed E-state index contributed by atoms with van der Waals surface area (Å²) in [5.41, 5.74) is 2.90. The SMILES string of the molecule is CCC1C=c2cccc(C=Cc3ccc4c(c3)C(=O)N(C)C4=O)c2=NC1. The molecule has 0 bridgehead atoms. The number of benzene rings is 2. The minimum absolute atomic E-state index is 0.238. The Morgan fingerprint density at radius 1 is 1.12 bits per heavy atom. The maximum absolute atomic E-state index is 12.1. The molecule has 2 aromatic carbocycles. The lowest BCUT2D eigenvalue weighted by Crippen LogP contribution is -2.33. The number of hydrogen-bond donors (Lipinski definition) is 0. The normalized spacial score (nSPS) is 18.5. The summed E-state index contributed by atoms with van der Waals surface area (Å²) in [5, 5.41) is 2.21. The number of fused-ring (bicyclic) bond motifs is 2. The van der Waals surface area contributed by atoms with Crippen molar-refractivity contribution in [2.45, 2.75) is 13.3 Å². The molecule has 0 saturated carbocycles. The number of hydrogen-bond acceptors (Lipinski definition) is 3. The highest BCUT2D eigenvalue weighted by atomic mass is 16.2. The van der Waals surface area contributed by atoms with Gasteiger partial charge in [-0.05, 0) is 35.3 Å². The fourth-order valence-electron chi connectivity index (χ4n) is 3.46. The molecule has 0 radical (unpaired) electrons. The minimum atomic E-state index is -0.243. The molecule has 0 saturated heterocycles. The molecule has 1 atom stereocenters. The van der Waals surface area contributed by atoms with Crippen molar-refractivity contribution in [3.05, 3.63) is 69.2 Å². The van der Waals surface area contributed by atoms with Gasteiger partial charge in [-0.2, -0.15) is 0 Å². The van der Waals surface area contributed by atoms with E-state index in [0.717, 1.165) is 34.3 Å². The number of amides is 2. The van der Waals surface area contributed by atoms with E-state index in [4.69, 9.17) is 4.99 Å². The summed E-state index contributed by atoms with van der Waals surface area (Å²) in [5.74, 6) is 0.0315. The maximum Gasteiger partial charge on any atom is 0.261 e. The van der Waals surface area contributed by atoms with E-state index in [9.17, 15) is 9.59 Å². The van der Waals surface area contributed by atoms with Crippen LogP contribution in [-0.2, 0) is 0 Å². The predicted molar refractivity (Wildman–Crippen MR) is 102 cm³/mol. The lowest BCUT2D eigenvalue weighted by Gasteiger charge is -2.11. The Labute approximate surface area is 152 Å². The molecule has 2 aromatic rings. The Bertz CT molecular complexity index is 1070. The number of carbonyl (C=O) groups excluding carboxylic acids is 2. The molecule has 130 valence electrons. The van der Waals surface area contributed by atoms with Crippen LogP contribution in [0.15, 0.2) is 41.4 Å². The topological polar surface area (TPSA) is 49.7 Å². The van der Waals surface area contributed by atoms with Gasteiger partial charge >= 0.3 is 0 Å². The van der Waals surface area contributed by atoms with Crippen molar-refractivity contribution in [3.8, 4) is 0 Å². The van der Waals surface area contributed by atoms with E-state index >= 15 is 0 Å². The van der Waals surface area contributed by atoms with E-state index in [1.165, 1.54) is 12.3 Å². The Morgan fingerprint density at radius 2 is 1.92 bits per heavy atom. The zero-order valence-electron chi connectivity index (χ0n) is 14.9. The third kappa shape index (κ3) is 2.68. The van der Waals surface area contributed by atoms with Crippen LogP contribution in [0.4, 0.5) is 0 Å². The molecule has 2 aliphatic rings. The molecule has 4 rings (SSSR count). The van der Waals surface area contributed by atoms with Crippen molar-refractivity contribution >= 4 is 30.0 Å². The third-order valence-electron chi connectivity index (χ3n) is 5.09. The van der Waals surface area contributed by atoms with Gasteiger partial charge in [0, 0.05) is 19.2 Å². The van der Waals surface area contributed by atoms with Crippen molar-refractivity contribution < 1.29 is 9.59 Å². The molecule has 2 heterocycles. The summed E-state index contributed by atoms with van der Waals surface area (Å²) in [4.78, 5) is 30.0. The molecular formula is C22H20N2O2. The molecule has 2 aliphatic heterocycles. The highest BCUT2D eigenvalue weighted by molar-refractivity contribution is 6.21. The minimum Gasteiger partial charge on any atom is -0.284 e. The maximum atomic E-state index is 12.1. The van der Waals surface area contributed by atoms with Crippen molar-refractivity contribution in [2.75, 3.05) is 13.6 Å². The summed E-state index contributed by atoms with van der Waals surface area (Å²) in [6.07, 6.45) is 7.39. The van der Waals surface area contributed by atoms with E-state index in [2.05, 4.69) is 25.1 Å². The Balaban J connectivity index is 1.70. The van der Waals surface area contributed by atoms with Crippen LogP contribution in [0.2, 0.25) is 0 Å². The fourth-order valence-corrected chi connectivity index (χ4v) is 3.46. The highest BCUT2D eigenvalue weighted by Crippen LogP contribution is 2.23. The van der Waals surface area contributed by atoms with Gasteiger partial charge in [-0.3, -0.25) is 19.5 Å². The summed E-state index contributed by atoms with van der Waals surface area (Å²) in [7, 11) is 1.51. The van der Waals surface area contributed by atoms with Gasteiger partial charge in [0.05, 0.1) is 16.5 Å². The van der Waals surface area contributed by atoms with E-state index in [0.29, 0.717) is 17.0 Å². The van der Waals surface area contributed by atoms with Crippen LogP contribution in [0.5, 0.6) is 0 Å². The van der Waals surface area contributed by atoms with Crippen molar-refractivity contribution in [3.63, 3.8) is 0 Å². The van der Waals surface area contributed by atoms with Gasteiger partial charge in [0.2, 0.25) is 0 Å². The molecule has 0 aliphatic carbocycles. The van der Waals surface area contributed by atoms with Gasteiger partial charge in [-0.1, -0.05) is 49.4 Å². The van der Waals surface area contributed by atoms with Crippen LogP contribution in [0, 0.1) is 5.92 Å². The number of imide groups is 1. The standard InChI is InChI=1S/C22H20N2O2/c1-3-14-11-17-6-4-5-16(20(17)23-13-14)9-7-15-8-10-18-19(12-15)22(26)24(2)21(18)25/h4-12,14H,3,13H2,1-2H3. The molecule has 4 heteroatoms. The monoisotopic (exact) mass is 344 g/mol. The van der Waals surface area contributed by atoms with Gasteiger partial charge in [0.1, 0.15) is 0 Å². The Morgan fingerprint density at radius 3 is 2.73 bits per heavy atom. The summed E-state index contributed by atoms with van der Waals surface area (Å²) < 4.78 is 0. The average molecular weight is 344 g/mol. The quantitative estimate of drug-likeness (QED) is 0.635. The van der Waals surface area contributed by atoms with Gasteiger partial charge in [0.15, 0.2) is 0 Å². The molecule has 0 aromatic heterocycles. The number of para-hydroxylation sites is 1. The molecular weight excluding hydrogens is 324 g/mol.